The van der Waals surface area contributed by atoms with Crippen LogP contribution < -0.4 is 4.90 Å². The molecule has 9 heteroatoms. The van der Waals surface area contributed by atoms with Gasteiger partial charge in [0.2, 0.25) is 0 Å². The first-order valence-electron chi connectivity index (χ1n) is 10.7. The van der Waals surface area contributed by atoms with E-state index < -0.39 is 5.97 Å². The molecule has 0 aliphatic heterocycles. The van der Waals surface area contributed by atoms with Gasteiger partial charge in [-0.3, -0.25) is 9.59 Å². The monoisotopic (exact) mass is 480 g/mol. The van der Waals surface area contributed by atoms with Crippen molar-refractivity contribution in [2.75, 3.05) is 32.3 Å². The summed E-state index contributed by atoms with van der Waals surface area (Å²) in [6.07, 6.45) is 2.49. The molecule has 176 valence electrons. The van der Waals surface area contributed by atoms with Gasteiger partial charge in [-0.15, -0.1) is 0 Å². The summed E-state index contributed by atoms with van der Waals surface area (Å²) in [4.78, 5) is 36.9. The first-order valence-corrected chi connectivity index (χ1v) is 11.6. The second-order valence-electron chi connectivity index (χ2n) is 8.02. The van der Waals surface area contributed by atoms with Gasteiger partial charge in [0.25, 0.3) is 5.91 Å². The van der Waals surface area contributed by atoms with Crippen molar-refractivity contribution in [3.63, 3.8) is 0 Å². The molecule has 0 aliphatic rings. The molecular weight excluding hydrogens is 455 g/mol. The van der Waals surface area contributed by atoms with E-state index in [1.807, 2.05) is 49.5 Å². The summed E-state index contributed by atoms with van der Waals surface area (Å²) in [6.45, 7) is 1.44. The van der Waals surface area contributed by atoms with Crippen LogP contribution in [0.25, 0.3) is 21.3 Å². The van der Waals surface area contributed by atoms with Crippen molar-refractivity contribution in [3.8, 4) is 10.4 Å². The number of benzene rings is 2. The van der Waals surface area contributed by atoms with Crippen molar-refractivity contribution < 1.29 is 18.7 Å². The summed E-state index contributed by atoms with van der Waals surface area (Å²) in [5, 5.41) is 1.73. The Morgan fingerprint density at radius 2 is 1.85 bits per heavy atom. The average molecular weight is 481 g/mol. The summed E-state index contributed by atoms with van der Waals surface area (Å²) in [5.41, 5.74) is 3.01. The van der Waals surface area contributed by atoms with Gasteiger partial charge in [-0.1, -0.05) is 41.7 Å². The van der Waals surface area contributed by atoms with Crippen LogP contribution in [0, 0.1) is 5.82 Å². The molecule has 0 atom stereocenters. The third kappa shape index (κ3) is 5.09. The van der Waals surface area contributed by atoms with Gasteiger partial charge < -0.3 is 19.5 Å². The van der Waals surface area contributed by atoms with Crippen LogP contribution in [0.15, 0.2) is 54.7 Å². The van der Waals surface area contributed by atoms with Crippen LogP contribution >= 0.6 is 11.3 Å². The quantitative estimate of drug-likeness (QED) is 0.292. The first kappa shape index (κ1) is 23.4. The van der Waals surface area contributed by atoms with E-state index in [1.54, 1.807) is 12.1 Å². The lowest BCUT2D eigenvalue weighted by Gasteiger charge is -2.21. The van der Waals surface area contributed by atoms with E-state index in [0.717, 1.165) is 16.5 Å². The van der Waals surface area contributed by atoms with Gasteiger partial charge in [-0.05, 0) is 35.7 Å². The van der Waals surface area contributed by atoms with Gasteiger partial charge in [0.05, 0.1) is 4.88 Å². The van der Waals surface area contributed by atoms with Crippen molar-refractivity contribution in [1.82, 2.24) is 14.9 Å². The lowest BCUT2D eigenvalue weighted by atomic mass is 10.1. The molecule has 2 aromatic heterocycles. The summed E-state index contributed by atoms with van der Waals surface area (Å²) < 4.78 is 18.7. The summed E-state index contributed by atoms with van der Waals surface area (Å²) in [5.74, 6) is -1.19. The normalized spacial score (nSPS) is 10.9. The van der Waals surface area contributed by atoms with Gasteiger partial charge in [0, 0.05) is 44.7 Å². The maximum atomic E-state index is 13.7. The van der Waals surface area contributed by atoms with Gasteiger partial charge in [-0.2, -0.15) is 0 Å². The predicted octanol–water partition coefficient (Wildman–Crippen LogP) is 4.70. The smallest absolute Gasteiger partial charge is 0.304 e. The molecule has 0 aliphatic carbocycles. The summed E-state index contributed by atoms with van der Waals surface area (Å²) in [6, 6.07) is 13.9. The third-order valence-electron chi connectivity index (χ3n) is 5.34. The van der Waals surface area contributed by atoms with E-state index in [2.05, 4.69) is 9.97 Å². The molecule has 1 amide bonds. The maximum Gasteiger partial charge on any atom is 0.304 e. The number of carbonyl (C=O) groups is 2. The van der Waals surface area contributed by atoms with Crippen molar-refractivity contribution >= 4 is 39.2 Å². The first-order chi connectivity index (χ1) is 16.3. The number of hydrogen-bond acceptors (Lipinski definition) is 6. The molecule has 0 saturated carbocycles. The molecule has 7 nitrogen and oxygen atoms in total. The standard InChI is InChI=1S/C25H25FN4O3S/c1-16(31)33-15-30(13-12-18-14-27-21-7-5-4-6-20(18)21)24(32)22-23(34-25(28-22)29(2)3)17-8-10-19(26)11-9-17/h4-11,14,27H,12-13,15H2,1-3H3. The van der Waals surface area contributed by atoms with E-state index in [9.17, 15) is 14.0 Å². The number of esters is 1. The fourth-order valence-corrected chi connectivity index (χ4v) is 4.56. The highest BCUT2D eigenvalue weighted by molar-refractivity contribution is 7.19. The number of carbonyl (C=O) groups excluding carboxylic acids is 2. The molecule has 0 unspecified atom stereocenters. The number of amides is 1. The number of aromatic nitrogens is 2. The molecule has 0 fully saturated rings. The molecule has 1 N–H and O–H groups in total. The highest BCUT2D eigenvalue weighted by atomic mass is 32.1. The number of nitrogens with zero attached hydrogens (tertiary/aromatic N) is 3. The number of anilines is 1. The number of para-hydroxylation sites is 1. The second-order valence-corrected chi connectivity index (χ2v) is 9.00. The zero-order chi connectivity index (χ0) is 24.2. The Bertz CT molecular complexity index is 1310. The zero-order valence-electron chi connectivity index (χ0n) is 19.2. The number of nitrogens with one attached hydrogen (secondary N) is 1. The van der Waals surface area contributed by atoms with E-state index in [-0.39, 0.29) is 24.1 Å². The number of halogens is 1. The maximum absolute atomic E-state index is 13.7. The molecule has 4 aromatic rings. The number of H-pyrrole nitrogens is 1. The van der Waals surface area contributed by atoms with Crippen LogP contribution in [-0.4, -0.2) is 54.1 Å². The fraction of sp³-hybridized carbons (Fsp3) is 0.240. The minimum atomic E-state index is -0.476. The van der Waals surface area contributed by atoms with E-state index in [1.165, 1.54) is 35.3 Å². The molecule has 2 aromatic carbocycles. The molecule has 0 spiro atoms. The van der Waals surface area contributed by atoms with Crippen LogP contribution in [0.4, 0.5) is 9.52 Å². The number of aromatic amines is 1. The Kier molecular flexibility index (Phi) is 6.93. The van der Waals surface area contributed by atoms with Gasteiger partial charge >= 0.3 is 5.97 Å². The Balaban J connectivity index is 1.65. The number of hydrogen-bond donors (Lipinski definition) is 1. The zero-order valence-corrected chi connectivity index (χ0v) is 20.0. The topological polar surface area (TPSA) is 78.5 Å². The third-order valence-corrected chi connectivity index (χ3v) is 6.62. The number of thiazole rings is 1. The Labute approximate surface area is 200 Å². The van der Waals surface area contributed by atoms with Crippen molar-refractivity contribution in [2.45, 2.75) is 13.3 Å². The average Bonchev–Trinajstić information content (AvgIpc) is 3.44. The van der Waals surface area contributed by atoms with Crippen LogP contribution in [-0.2, 0) is 16.0 Å². The number of rotatable bonds is 8. The van der Waals surface area contributed by atoms with Gasteiger partial charge in [-0.25, -0.2) is 9.37 Å². The SMILES string of the molecule is CC(=O)OCN(CCc1c[nH]c2ccccc12)C(=O)c1nc(N(C)C)sc1-c1ccc(F)cc1. The van der Waals surface area contributed by atoms with Crippen LogP contribution in [0.3, 0.4) is 0 Å². The highest BCUT2D eigenvalue weighted by Gasteiger charge is 2.26. The molecule has 4 rings (SSSR count). The molecule has 34 heavy (non-hydrogen) atoms. The lowest BCUT2D eigenvalue weighted by Crippen LogP contribution is -2.36. The Morgan fingerprint density at radius 3 is 2.56 bits per heavy atom. The Hall–Kier alpha value is -3.72. The van der Waals surface area contributed by atoms with Gasteiger partial charge in [0.15, 0.2) is 11.9 Å². The second kappa shape index (κ2) is 10.0. The Morgan fingerprint density at radius 1 is 1.12 bits per heavy atom. The van der Waals surface area contributed by atoms with Crippen LogP contribution in [0.1, 0.15) is 23.0 Å². The molecule has 2 heterocycles. The molecule has 0 radical (unpaired) electrons. The molecule has 0 bridgehead atoms. The van der Waals surface area contributed by atoms with Crippen molar-refractivity contribution in [2.24, 2.45) is 0 Å². The van der Waals surface area contributed by atoms with Crippen LogP contribution in [0.2, 0.25) is 0 Å². The summed E-state index contributed by atoms with van der Waals surface area (Å²) >= 11 is 1.35. The van der Waals surface area contributed by atoms with E-state index in [4.69, 9.17) is 4.74 Å². The van der Waals surface area contributed by atoms with Crippen molar-refractivity contribution in [3.05, 3.63) is 71.8 Å². The molecular formula is C25H25FN4O3S. The fourth-order valence-electron chi connectivity index (χ4n) is 3.58. The summed E-state index contributed by atoms with van der Waals surface area (Å²) in [7, 11) is 3.68. The van der Waals surface area contributed by atoms with E-state index >= 15 is 0 Å². The van der Waals surface area contributed by atoms with E-state index in [0.29, 0.717) is 28.5 Å². The predicted molar refractivity (Wildman–Crippen MR) is 132 cm³/mol. The number of ether oxygens (including phenoxy) is 1. The minimum absolute atomic E-state index is 0.186. The highest BCUT2D eigenvalue weighted by Crippen LogP contribution is 2.35. The largest absolute Gasteiger partial charge is 0.444 e. The van der Waals surface area contributed by atoms with Crippen molar-refractivity contribution in [1.29, 1.82) is 0 Å². The van der Waals surface area contributed by atoms with Crippen LogP contribution in [0.5, 0.6) is 0 Å². The lowest BCUT2D eigenvalue weighted by molar-refractivity contribution is -0.144. The van der Waals surface area contributed by atoms with Gasteiger partial charge in [0.1, 0.15) is 11.5 Å². The molecule has 0 saturated heterocycles. The number of fused-ring (bicyclic) bond motifs is 1. The minimum Gasteiger partial charge on any atom is -0.444 e.